The highest BCUT2D eigenvalue weighted by Crippen LogP contribution is 2.14. The number of likely N-dealkylation sites (N-methyl/N-ethyl adjacent to an activating group) is 1. The van der Waals surface area contributed by atoms with E-state index >= 15 is 0 Å². The number of rotatable bonds is 1. The smallest absolute Gasteiger partial charge is 0.329 e. The van der Waals surface area contributed by atoms with Crippen molar-refractivity contribution < 1.29 is 14.3 Å². The minimum absolute atomic E-state index is 0.103. The van der Waals surface area contributed by atoms with Crippen LogP contribution in [0.25, 0.3) is 0 Å². The predicted molar refractivity (Wildman–Crippen MR) is 42.4 cm³/mol. The Morgan fingerprint density at radius 3 is 2.50 bits per heavy atom. The van der Waals surface area contributed by atoms with Gasteiger partial charge in [-0.1, -0.05) is 13.8 Å². The molecule has 1 aliphatic rings. The third-order valence-electron chi connectivity index (χ3n) is 2.02. The third kappa shape index (κ3) is 1.42. The summed E-state index contributed by atoms with van der Waals surface area (Å²) in [7, 11) is 1.63. The van der Waals surface area contributed by atoms with Gasteiger partial charge in [-0.15, -0.1) is 0 Å². The van der Waals surface area contributed by atoms with Crippen LogP contribution in [-0.4, -0.2) is 36.5 Å². The molecule has 1 amide bonds. The number of morpholine rings is 1. The van der Waals surface area contributed by atoms with Crippen LogP contribution in [0.3, 0.4) is 0 Å². The van der Waals surface area contributed by atoms with E-state index in [4.69, 9.17) is 4.74 Å². The van der Waals surface area contributed by atoms with Crippen molar-refractivity contribution in [2.75, 3.05) is 13.7 Å². The number of nitrogens with zero attached hydrogens (tertiary/aromatic N) is 1. The van der Waals surface area contributed by atoms with Crippen molar-refractivity contribution in [1.29, 1.82) is 0 Å². The first-order valence-corrected chi connectivity index (χ1v) is 3.96. The van der Waals surface area contributed by atoms with Crippen LogP contribution in [-0.2, 0) is 14.3 Å². The molecule has 0 aromatic rings. The Morgan fingerprint density at radius 1 is 1.50 bits per heavy atom. The van der Waals surface area contributed by atoms with Crippen molar-refractivity contribution in [3.63, 3.8) is 0 Å². The van der Waals surface area contributed by atoms with Gasteiger partial charge in [0, 0.05) is 7.05 Å². The van der Waals surface area contributed by atoms with E-state index in [9.17, 15) is 9.59 Å². The number of cyclic esters (lactones) is 1. The first-order chi connectivity index (χ1) is 5.54. The highest BCUT2D eigenvalue weighted by molar-refractivity contribution is 5.90. The SMILES string of the molecule is CC(C)C1C(=O)OCC(=O)N1C. The van der Waals surface area contributed by atoms with E-state index in [1.165, 1.54) is 4.90 Å². The first-order valence-electron chi connectivity index (χ1n) is 3.96. The Balaban J connectivity index is 2.78. The lowest BCUT2D eigenvalue weighted by Crippen LogP contribution is -2.52. The first kappa shape index (κ1) is 9.03. The van der Waals surface area contributed by atoms with Crippen LogP contribution in [0.5, 0.6) is 0 Å². The van der Waals surface area contributed by atoms with Crippen LogP contribution < -0.4 is 0 Å². The average molecular weight is 171 g/mol. The number of carbonyl (C=O) groups excluding carboxylic acids is 2. The second-order valence-corrected chi connectivity index (χ2v) is 3.30. The molecule has 0 radical (unpaired) electrons. The lowest BCUT2D eigenvalue weighted by Gasteiger charge is -2.33. The predicted octanol–water partition coefficient (Wildman–Crippen LogP) is 0.0262. The molecule has 0 saturated carbocycles. The van der Waals surface area contributed by atoms with Gasteiger partial charge in [-0.25, -0.2) is 4.79 Å². The summed E-state index contributed by atoms with van der Waals surface area (Å²) in [6.07, 6.45) is 0. The molecular formula is C8H13NO3. The van der Waals surface area contributed by atoms with Gasteiger partial charge in [0.15, 0.2) is 6.61 Å². The molecule has 1 rings (SSSR count). The van der Waals surface area contributed by atoms with Gasteiger partial charge in [0.1, 0.15) is 6.04 Å². The maximum atomic E-state index is 11.2. The quantitative estimate of drug-likeness (QED) is 0.523. The molecule has 1 atom stereocenters. The van der Waals surface area contributed by atoms with Gasteiger partial charge >= 0.3 is 5.97 Å². The fraction of sp³-hybridized carbons (Fsp3) is 0.750. The van der Waals surface area contributed by atoms with Crippen molar-refractivity contribution in [3.8, 4) is 0 Å². The molecule has 1 fully saturated rings. The standard InChI is InChI=1S/C8H13NO3/c1-5(2)7-8(11)12-4-6(10)9(7)3/h5,7H,4H2,1-3H3. The monoisotopic (exact) mass is 171 g/mol. The van der Waals surface area contributed by atoms with Crippen LogP contribution in [0.2, 0.25) is 0 Å². The van der Waals surface area contributed by atoms with Gasteiger partial charge in [0.05, 0.1) is 0 Å². The molecule has 1 saturated heterocycles. The van der Waals surface area contributed by atoms with Gasteiger partial charge in [-0.05, 0) is 5.92 Å². The van der Waals surface area contributed by atoms with Crippen molar-refractivity contribution in [1.82, 2.24) is 4.90 Å². The lowest BCUT2D eigenvalue weighted by molar-refractivity contribution is -0.169. The molecule has 68 valence electrons. The zero-order valence-electron chi connectivity index (χ0n) is 7.53. The summed E-state index contributed by atoms with van der Waals surface area (Å²) >= 11 is 0. The van der Waals surface area contributed by atoms with Crippen LogP contribution in [0.1, 0.15) is 13.8 Å². The number of hydrogen-bond acceptors (Lipinski definition) is 3. The Kier molecular flexibility index (Phi) is 2.35. The van der Waals surface area contributed by atoms with Gasteiger partial charge < -0.3 is 9.64 Å². The molecule has 0 aromatic heterocycles. The molecule has 4 heteroatoms. The normalized spacial score (nSPS) is 24.7. The van der Waals surface area contributed by atoms with Crippen LogP contribution in [0, 0.1) is 5.92 Å². The maximum Gasteiger partial charge on any atom is 0.329 e. The topological polar surface area (TPSA) is 46.6 Å². The minimum atomic E-state index is -0.411. The highest BCUT2D eigenvalue weighted by Gasteiger charge is 2.35. The fourth-order valence-corrected chi connectivity index (χ4v) is 1.35. The molecule has 1 aliphatic heterocycles. The van der Waals surface area contributed by atoms with Crippen molar-refractivity contribution in [2.24, 2.45) is 5.92 Å². The second kappa shape index (κ2) is 3.13. The molecule has 1 heterocycles. The summed E-state index contributed by atoms with van der Waals surface area (Å²) in [4.78, 5) is 23.7. The molecule has 0 bridgehead atoms. The number of esters is 1. The second-order valence-electron chi connectivity index (χ2n) is 3.30. The lowest BCUT2D eigenvalue weighted by atomic mass is 10.0. The van der Waals surface area contributed by atoms with Gasteiger partial charge in [0.2, 0.25) is 0 Å². The summed E-state index contributed by atoms with van der Waals surface area (Å²) in [5.41, 5.74) is 0. The van der Waals surface area contributed by atoms with E-state index in [2.05, 4.69) is 0 Å². The zero-order valence-corrected chi connectivity index (χ0v) is 7.53. The van der Waals surface area contributed by atoms with Crippen LogP contribution in [0.15, 0.2) is 0 Å². The van der Waals surface area contributed by atoms with E-state index in [1.54, 1.807) is 7.05 Å². The number of ether oxygens (including phenoxy) is 1. The van der Waals surface area contributed by atoms with E-state index in [0.29, 0.717) is 0 Å². The van der Waals surface area contributed by atoms with E-state index in [0.717, 1.165) is 0 Å². The molecule has 12 heavy (non-hydrogen) atoms. The van der Waals surface area contributed by atoms with Crippen LogP contribution >= 0.6 is 0 Å². The summed E-state index contributed by atoms with van der Waals surface area (Å²) < 4.78 is 4.70. The fourth-order valence-electron chi connectivity index (χ4n) is 1.35. The molecule has 0 aromatic carbocycles. The molecule has 0 N–H and O–H groups in total. The summed E-state index contributed by atoms with van der Waals surface area (Å²) in [6, 6.07) is -0.411. The molecule has 0 spiro atoms. The summed E-state index contributed by atoms with van der Waals surface area (Å²) in [5.74, 6) is -0.327. The van der Waals surface area contributed by atoms with Crippen molar-refractivity contribution in [2.45, 2.75) is 19.9 Å². The Hall–Kier alpha value is -1.06. The van der Waals surface area contributed by atoms with Gasteiger partial charge in [-0.3, -0.25) is 4.79 Å². The van der Waals surface area contributed by atoms with Crippen molar-refractivity contribution in [3.05, 3.63) is 0 Å². The van der Waals surface area contributed by atoms with E-state index in [-0.39, 0.29) is 24.4 Å². The highest BCUT2D eigenvalue weighted by atomic mass is 16.5. The molecule has 4 nitrogen and oxygen atoms in total. The Morgan fingerprint density at radius 2 is 2.08 bits per heavy atom. The van der Waals surface area contributed by atoms with Crippen molar-refractivity contribution >= 4 is 11.9 Å². The Labute approximate surface area is 71.5 Å². The maximum absolute atomic E-state index is 11.2. The average Bonchev–Trinajstić information content (AvgIpc) is 1.97. The largest absolute Gasteiger partial charge is 0.454 e. The Bertz CT molecular complexity index is 212. The van der Waals surface area contributed by atoms with E-state index in [1.807, 2.05) is 13.8 Å². The number of amides is 1. The third-order valence-corrected chi connectivity index (χ3v) is 2.02. The van der Waals surface area contributed by atoms with Gasteiger partial charge in [0.25, 0.3) is 5.91 Å². The number of carbonyl (C=O) groups is 2. The van der Waals surface area contributed by atoms with Crippen LogP contribution in [0.4, 0.5) is 0 Å². The van der Waals surface area contributed by atoms with E-state index < -0.39 is 6.04 Å². The molecular weight excluding hydrogens is 158 g/mol. The molecule has 0 aliphatic carbocycles. The molecule has 1 unspecified atom stereocenters. The van der Waals surface area contributed by atoms with Gasteiger partial charge in [-0.2, -0.15) is 0 Å². The number of hydrogen-bond donors (Lipinski definition) is 0. The summed E-state index contributed by atoms with van der Waals surface area (Å²) in [6.45, 7) is 3.67. The zero-order chi connectivity index (χ0) is 9.30. The minimum Gasteiger partial charge on any atom is -0.454 e. The summed E-state index contributed by atoms with van der Waals surface area (Å²) in [5, 5.41) is 0.